The van der Waals surface area contributed by atoms with Crippen LogP contribution in [0.15, 0.2) is 24.5 Å². The minimum Gasteiger partial charge on any atom is -0.478 e. The van der Waals surface area contributed by atoms with E-state index in [1.54, 1.807) is 18.1 Å². The Balaban J connectivity index is 2.06. The minimum atomic E-state index is -1.29. The number of carboxylic acids is 1. The van der Waals surface area contributed by atoms with Crippen LogP contribution in [0.25, 0.3) is 0 Å². The SMILES string of the molecule is Cn1cnc(CNc2ccc(C(=O)O)c(F)c2)n1. The molecule has 6 nitrogen and oxygen atoms in total. The Bertz CT molecular complexity index is 582. The van der Waals surface area contributed by atoms with Gasteiger partial charge in [-0.2, -0.15) is 5.10 Å². The maximum Gasteiger partial charge on any atom is 0.338 e. The normalized spacial score (nSPS) is 10.3. The third kappa shape index (κ3) is 2.62. The van der Waals surface area contributed by atoms with E-state index in [0.717, 1.165) is 6.07 Å². The van der Waals surface area contributed by atoms with Crippen molar-refractivity contribution in [2.45, 2.75) is 6.54 Å². The second-order valence-electron chi connectivity index (χ2n) is 3.69. The molecule has 0 aliphatic carbocycles. The van der Waals surface area contributed by atoms with Crippen molar-refractivity contribution in [3.05, 3.63) is 41.7 Å². The molecule has 0 radical (unpaired) electrons. The number of aryl methyl sites for hydroxylation is 1. The minimum absolute atomic E-state index is 0.340. The average Bonchev–Trinajstić information content (AvgIpc) is 2.72. The second-order valence-corrected chi connectivity index (χ2v) is 3.69. The lowest BCUT2D eigenvalue weighted by atomic mass is 10.2. The molecule has 0 fully saturated rings. The van der Waals surface area contributed by atoms with Crippen LogP contribution in [0.4, 0.5) is 10.1 Å². The Morgan fingerprint density at radius 2 is 2.33 bits per heavy atom. The van der Waals surface area contributed by atoms with Gasteiger partial charge in [0.15, 0.2) is 5.82 Å². The number of aromatic carboxylic acids is 1. The number of nitrogens with one attached hydrogen (secondary N) is 1. The second kappa shape index (κ2) is 4.82. The summed E-state index contributed by atoms with van der Waals surface area (Å²) in [7, 11) is 1.75. The van der Waals surface area contributed by atoms with Gasteiger partial charge in [0.05, 0.1) is 12.1 Å². The quantitative estimate of drug-likeness (QED) is 0.854. The summed E-state index contributed by atoms with van der Waals surface area (Å²) in [6, 6.07) is 3.84. The maximum absolute atomic E-state index is 13.4. The van der Waals surface area contributed by atoms with Crippen LogP contribution in [0.3, 0.4) is 0 Å². The highest BCUT2D eigenvalue weighted by Crippen LogP contribution is 2.15. The van der Waals surface area contributed by atoms with Crippen LogP contribution in [0, 0.1) is 5.82 Å². The number of halogens is 1. The van der Waals surface area contributed by atoms with Crippen LogP contribution in [-0.4, -0.2) is 25.8 Å². The zero-order valence-electron chi connectivity index (χ0n) is 9.59. The van der Waals surface area contributed by atoms with E-state index in [4.69, 9.17) is 5.11 Å². The first-order valence-corrected chi connectivity index (χ1v) is 5.17. The van der Waals surface area contributed by atoms with Crippen molar-refractivity contribution >= 4 is 11.7 Å². The van der Waals surface area contributed by atoms with Gasteiger partial charge >= 0.3 is 5.97 Å². The Hall–Kier alpha value is -2.44. The van der Waals surface area contributed by atoms with Crippen molar-refractivity contribution in [3.63, 3.8) is 0 Å². The van der Waals surface area contributed by atoms with Crippen molar-refractivity contribution in [3.8, 4) is 0 Å². The van der Waals surface area contributed by atoms with Crippen molar-refractivity contribution < 1.29 is 14.3 Å². The van der Waals surface area contributed by atoms with Gasteiger partial charge in [0.25, 0.3) is 0 Å². The van der Waals surface area contributed by atoms with E-state index >= 15 is 0 Å². The number of rotatable bonds is 4. The molecule has 0 spiro atoms. The number of hydrogen-bond donors (Lipinski definition) is 2. The van der Waals surface area contributed by atoms with Gasteiger partial charge in [-0.15, -0.1) is 0 Å². The van der Waals surface area contributed by atoms with Gasteiger partial charge in [0.1, 0.15) is 12.1 Å². The van der Waals surface area contributed by atoms with Gasteiger partial charge in [-0.05, 0) is 18.2 Å². The van der Waals surface area contributed by atoms with Crippen LogP contribution >= 0.6 is 0 Å². The number of aromatic nitrogens is 3. The summed E-state index contributed by atoms with van der Waals surface area (Å²) in [5.74, 6) is -1.49. The van der Waals surface area contributed by atoms with E-state index in [0.29, 0.717) is 18.1 Å². The third-order valence-electron chi connectivity index (χ3n) is 2.30. The summed E-state index contributed by atoms with van der Waals surface area (Å²) in [6.07, 6.45) is 1.56. The fraction of sp³-hybridized carbons (Fsp3) is 0.182. The van der Waals surface area contributed by atoms with E-state index in [1.165, 1.54) is 12.1 Å². The van der Waals surface area contributed by atoms with Gasteiger partial charge < -0.3 is 10.4 Å². The molecule has 7 heteroatoms. The summed E-state index contributed by atoms with van der Waals surface area (Å²) in [4.78, 5) is 14.6. The summed E-state index contributed by atoms with van der Waals surface area (Å²) in [6.45, 7) is 0.340. The fourth-order valence-electron chi connectivity index (χ4n) is 1.44. The van der Waals surface area contributed by atoms with Crippen LogP contribution in [0.1, 0.15) is 16.2 Å². The fourth-order valence-corrected chi connectivity index (χ4v) is 1.44. The molecule has 18 heavy (non-hydrogen) atoms. The largest absolute Gasteiger partial charge is 0.478 e. The van der Waals surface area contributed by atoms with Crippen LogP contribution in [-0.2, 0) is 13.6 Å². The summed E-state index contributed by atoms with van der Waals surface area (Å²) in [5.41, 5.74) is 0.126. The molecule has 2 aromatic rings. The lowest BCUT2D eigenvalue weighted by Gasteiger charge is -2.05. The van der Waals surface area contributed by atoms with Crippen molar-refractivity contribution in [1.82, 2.24) is 14.8 Å². The first kappa shape index (κ1) is 12.0. The Morgan fingerprint density at radius 3 is 2.89 bits per heavy atom. The van der Waals surface area contributed by atoms with E-state index in [9.17, 15) is 9.18 Å². The molecule has 1 aromatic carbocycles. The highest BCUT2D eigenvalue weighted by atomic mass is 19.1. The lowest BCUT2D eigenvalue weighted by molar-refractivity contribution is 0.0692. The Kier molecular flexibility index (Phi) is 3.22. The summed E-state index contributed by atoms with van der Waals surface area (Å²) in [5, 5.41) is 15.6. The Labute approximate surface area is 102 Å². The number of benzene rings is 1. The van der Waals surface area contributed by atoms with Crippen molar-refractivity contribution in [1.29, 1.82) is 0 Å². The van der Waals surface area contributed by atoms with Crippen LogP contribution in [0.2, 0.25) is 0 Å². The third-order valence-corrected chi connectivity index (χ3v) is 2.30. The Morgan fingerprint density at radius 1 is 1.56 bits per heavy atom. The number of carboxylic acid groups (broad SMARTS) is 1. The molecule has 0 atom stereocenters. The first-order valence-electron chi connectivity index (χ1n) is 5.17. The zero-order valence-corrected chi connectivity index (χ0v) is 9.59. The molecule has 1 heterocycles. The van der Waals surface area contributed by atoms with E-state index in [2.05, 4.69) is 15.4 Å². The molecule has 0 saturated heterocycles. The molecule has 94 valence electrons. The van der Waals surface area contributed by atoms with Crippen LogP contribution in [0.5, 0.6) is 0 Å². The summed E-state index contributed by atoms with van der Waals surface area (Å²) < 4.78 is 14.9. The molecule has 0 amide bonds. The van der Waals surface area contributed by atoms with E-state index in [-0.39, 0.29) is 5.56 Å². The van der Waals surface area contributed by atoms with Gasteiger partial charge in [-0.25, -0.2) is 14.2 Å². The monoisotopic (exact) mass is 250 g/mol. The standard InChI is InChI=1S/C11H11FN4O2/c1-16-6-14-10(15-16)5-13-7-2-3-8(11(17)18)9(12)4-7/h2-4,6,13H,5H2,1H3,(H,17,18). The summed E-state index contributed by atoms with van der Waals surface area (Å²) >= 11 is 0. The predicted molar refractivity (Wildman–Crippen MR) is 61.7 cm³/mol. The predicted octanol–water partition coefficient (Wildman–Crippen LogP) is 1.26. The molecular weight excluding hydrogens is 239 g/mol. The van der Waals surface area contributed by atoms with Crippen LogP contribution < -0.4 is 5.32 Å². The molecule has 0 aliphatic heterocycles. The van der Waals surface area contributed by atoms with Gasteiger partial charge in [0, 0.05) is 12.7 Å². The maximum atomic E-state index is 13.4. The molecule has 0 aliphatic rings. The smallest absolute Gasteiger partial charge is 0.338 e. The van der Waals surface area contributed by atoms with Gasteiger partial charge in [-0.3, -0.25) is 4.68 Å². The van der Waals surface area contributed by atoms with Gasteiger partial charge in [0.2, 0.25) is 0 Å². The lowest BCUT2D eigenvalue weighted by Crippen LogP contribution is -2.05. The number of anilines is 1. The van der Waals surface area contributed by atoms with Crippen molar-refractivity contribution in [2.75, 3.05) is 5.32 Å². The number of carbonyl (C=O) groups is 1. The number of nitrogens with zero attached hydrogens (tertiary/aromatic N) is 3. The molecular formula is C11H11FN4O2. The highest BCUT2D eigenvalue weighted by molar-refractivity contribution is 5.88. The average molecular weight is 250 g/mol. The number of hydrogen-bond acceptors (Lipinski definition) is 4. The van der Waals surface area contributed by atoms with Gasteiger partial charge in [-0.1, -0.05) is 0 Å². The zero-order chi connectivity index (χ0) is 13.1. The molecule has 1 aromatic heterocycles. The molecule has 0 bridgehead atoms. The first-order chi connectivity index (χ1) is 8.56. The van der Waals surface area contributed by atoms with E-state index in [1.807, 2.05) is 0 Å². The molecule has 0 saturated carbocycles. The molecule has 0 unspecified atom stereocenters. The topological polar surface area (TPSA) is 80.0 Å². The highest BCUT2D eigenvalue weighted by Gasteiger charge is 2.10. The molecule has 2 rings (SSSR count). The van der Waals surface area contributed by atoms with E-state index < -0.39 is 11.8 Å². The molecule has 2 N–H and O–H groups in total. The van der Waals surface area contributed by atoms with Crippen molar-refractivity contribution in [2.24, 2.45) is 7.05 Å².